The molecule has 0 saturated carbocycles. The zero-order valence-corrected chi connectivity index (χ0v) is 49.0. The Hall–Kier alpha value is -4.71. The van der Waals surface area contributed by atoms with Gasteiger partial charge in [0.05, 0.1) is 6.42 Å². The van der Waals surface area contributed by atoms with E-state index in [2.05, 4.69) is 154 Å². The van der Waals surface area contributed by atoms with E-state index in [1.54, 1.807) is 6.08 Å². The minimum absolute atomic E-state index is 0.0886. The SMILES string of the molecule is CC/C=C\C/C=C\C/C=C\C/C=C\C/C=C\CCCCCCCCCCCCCCCC(=O)OCC(COC(=O)CCCCCCC/C=C\C/C=C\CCCC)OC(=O)C/C=C\C/C=C\C/C=C\C/C=C\C/C=C\CC. The lowest BCUT2D eigenvalue weighted by Gasteiger charge is -2.18. The first-order valence-electron chi connectivity index (χ1n) is 30.8. The molecule has 1 atom stereocenters. The van der Waals surface area contributed by atoms with Crippen molar-refractivity contribution in [3.8, 4) is 0 Å². The Balaban J connectivity index is 4.35. The van der Waals surface area contributed by atoms with Crippen LogP contribution in [-0.4, -0.2) is 37.2 Å². The van der Waals surface area contributed by atoms with Crippen LogP contribution in [-0.2, 0) is 28.6 Å². The fraction of sp³-hybridized carbons (Fsp3) is 0.614. The third-order valence-electron chi connectivity index (χ3n) is 12.6. The molecule has 0 bridgehead atoms. The molecule has 0 heterocycles. The number of esters is 3. The van der Waals surface area contributed by atoms with E-state index in [-0.39, 0.29) is 31.6 Å². The monoisotopic (exact) mass is 1050 g/mol. The molecule has 0 aromatic rings. The molecule has 1 unspecified atom stereocenters. The minimum Gasteiger partial charge on any atom is -0.462 e. The van der Waals surface area contributed by atoms with Gasteiger partial charge in [-0.3, -0.25) is 14.4 Å². The highest BCUT2D eigenvalue weighted by Crippen LogP contribution is 2.15. The molecule has 428 valence electrons. The van der Waals surface area contributed by atoms with E-state index < -0.39 is 12.1 Å². The summed E-state index contributed by atoms with van der Waals surface area (Å²) < 4.78 is 16.8. The summed E-state index contributed by atoms with van der Waals surface area (Å²) in [7, 11) is 0. The quantitative estimate of drug-likeness (QED) is 0.0261. The van der Waals surface area contributed by atoms with Crippen LogP contribution >= 0.6 is 0 Å². The van der Waals surface area contributed by atoms with Crippen LogP contribution in [0.1, 0.15) is 258 Å². The first-order valence-corrected chi connectivity index (χ1v) is 30.8. The van der Waals surface area contributed by atoms with E-state index >= 15 is 0 Å². The molecule has 0 rings (SSSR count). The maximum atomic E-state index is 12.8. The predicted molar refractivity (Wildman–Crippen MR) is 329 cm³/mol. The van der Waals surface area contributed by atoms with Gasteiger partial charge in [-0.1, -0.05) is 269 Å². The molecule has 6 heteroatoms. The van der Waals surface area contributed by atoms with Crippen LogP contribution in [0.3, 0.4) is 0 Å². The summed E-state index contributed by atoms with van der Waals surface area (Å²) in [5.41, 5.74) is 0. The maximum absolute atomic E-state index is 12.8. The number of ether oxygens (including phenoxy) is 3. The van der Waals surface area contributed by atoms with Gasteiger partial charge in [0.25, 0.3) is 0 Å². The number of hydrogen-bond acceptors (Lipinski definition) is 6. The summed E-state index contributed by atoms with van der Waals surface area (Å²) in [6.45, 7) is 6.27. The second-order valence-corrected chi connectivity index (χ2v) is 19.9. The second-order valence-electron chi connectivity index (χ2n) is 19.9. The topological polar surface area (TPSA) is 78.9 Å². The molecule has 76 heavy (non-hydrogen) atoms. The van der Waals surface area contributed by atoms with Gasteiger partial charge in [-0.2, -0.15) is 0 Å². The van der Waals surface area contributed by atoms with Gasteiger partial charge < -0.3 is 14.2 Å². The Bertz CT molecular complexity index is 1680. The molecule has 0 aromatic heterocycles. The van der Waals surface area contributed by atoms with Crippen LogP contribution in [0, 0.1) is 0 Å². The average molecular weight is 1050 g/mol. The Morgan fingerprint density at radius 1 is 0.289 bits per heavy atom. The standard InChI is InChI=1S/C70H112O6/c1-4-7-10-13-16-19-22-25-28-29-30-31-32-33-34-35-36-37-38-39-40-41-43-45-48-51-54-57-60-63-69(72)75-66-67(65-74-68(71)62-59-56-53-50-47-44-27-24-21-18-15-12-9-6-3)76-70(73)64-61-58-55-52-49-46-42-26-23-20-17-14-11-8-5-2/h7-8,10-11,15-20,24-28,30-31,33-34,42,49,52,58,61,67H,4-6,9,12-14,21-23,29,32,35-41,43-48,50-51,53-57,59-60,62-66H2,1-3H3/b10-7-,11-8-,18-15-,19-16-,20-17-,27-24-,28-25-,31-30-,34-33-,42-26-,52-49-,61-58-. The molecule has 0 aliphatic carbocycles. The number of rotatable bonds is 54. The normalized spacial score (nSPS) is 13.1. The highest BCUT2D eigenvalue weighted by molar-refractivity contribution is 5.72. The van der Waals surface area contributed by atoms with Crippen molar-refractivity contribution >= 4 is 17.9 Å². The molecule has 0 radical (unpaired) electrons. The van der Waals surface area contributed by atoms with Gasteiger partial charge in [0.15, 0.2) is 6.10 Å². The summed E-state index contributed by atoms with van der Waals surface area (Å²) in [6, 6.07) is 0. The van der Waals surface area contributed by atoms with Crippen molar-refractivity contribution in [1.82, 2.24) is 0 Å². The summed E-state index contributed by atoms with van der Waals surface area (Å²) >= 11 is 0. The largest absolute Gasteiger partial charge is 0.462 e. The van der Waals surface area contributed by atoms with E-state index in [4.69, 9.17) is 14.2 Å². The molecular weight excluding hydrogens is 937 g/mol. The Kier molecular flexibility index (Phi) is 58.9. The van der Waals surface area contributed by atoms with E-state index in [9.17, 15) is 14.4 Å². The van der Waals surface area contributed by atoms with Gasteiger partial charge in [-0.15, -0.1) is 0 Å². The van der Waals surface area contributed by atoms with Gasteiger partial charge >= 0.3 is 17.9 Å². The molecule has 0 saturated heterocycles. The lowest BCUT2D eigenvalue weighted by Crippen LogP contribution is -2.30. The molecular formula is C70H112O6. The first-order chi connectivity index (χ1) is 37.5. The van der Waals surface area contributed by atoms with Gasteiger partial charge in [-0.05, 0) is 116 Å². The van der Waals surface area contributed by atoms with Gasteiger partial charge in [0.2, 0.25) is 0 Å². The lowest BCUT2D eigenvalue weighted by molar-refractivity contribution is -0.166. The molecule has 0 amide bonds. The Morgan fingerprint density at radius 3 is 0.868 bits per heavy atom. The van der Waals surface area contributed by atoms with E-state index in [0.717, 1.165) is 122 Å². The lowest BCUT2D eigenvalue weighted by atomic mass is 10.0. The number of hydrogen-bond donors (Lipinski definition) is 0. The molecule has 0 N–H and O–H groups in total. The van der Waals surface area contributed by atoms with Crippen LogP contribution in [0.4, 0.5) is 0 Å². The fourth-order valence-electron chi connectivity index (χ4n) is 8.03. The first kappa shape index (κ1) is 71.3. The number of unbranched alkanes of at least 4 members (excludes halogenated alkanes) is 20. The van der Waals surface area contributed by atoms with Crippen LogP contribution in [0.25, 0.3) is 0 Å². The molecule has 0 aromatic carbocycles. The highest BCUT2D eigenvalue weighted by atomic mass is 16.6. The molecule has 0 aliphatic heterocycles. The van der Waals surface area contributed by atoms with E-state index in [1.165, 1.54) is 89.9 Å². The summed E-state index contributed by atoms with van der Waals surface area (Å²) in [5, 5.41) is 0. The fourth-order valence-corrected chi connectivity index (χ4v) is 8.03. The second kappa shape index (κ2) is 62.8. The van der Waals surface area contributed by atoms with Crippen molar-refractivity contribution in [1.29, 1.82) is 0 Å². The number of allylic oxidation sites excluding steroid dienone is 23. The predicted octanol–water partition coefficient (Wildman–Crippen LogP) is 21.2. The van der Waals surface area contributed by atoms with Crippen molar-refractivity contribution in [2.75, 3.05) is 13.2 Å². The number of carbonyl (C=O) groups is 3. The van der Waals surface area contributed by atoms with Crippen LogP contribution in [0.15, 0.2) is 146 Å². The van der Waals surface area contributed by atoms with Gasteiger partial charge in [0, 0.05) is 12.8 Å². The summed E-state index contributed by atoms with van der Waals surface area (Å²) in [4.78, 5) is 38.1. The zero-order chi connectivity index (χ0) is 55.0. The maximum Gasteiger partial charge on any atom is 0.310 e. The smallest absolute Gasteiger partial charge is 0.310 e. The van der Waals surface area contributed by atoms with Gasteiger partial charge in [-0.25, -0.2) is 0 Å². The van der Waals surface area contributed by atoms with Crippen molar-refractivity contribution in [2.24, 2.45) is 0 Å². The van der Waals surface area contributed by atoms with Gasteiger partial charge in [0.1, 0.15) is 13.2 Å². The molecule has 0 spiro atoms. The van der Waals surface area contributed by atoms with E-state index in [1.807, 2.05) is 6.08 Å². The van der Waals surface area contributed by atoms with Crippen LogP contribution in [0.2, 0.25) is 0 Å². The van der Waals surface area contributed by atoms with E-state index in [0.29, 0.717) is 19.3 Å². The van der Waals surface area contributed by atoms with Crippen molar-refractivity contribution in [3.63, 3.8) is 0 Å². The van der Waals surface area contributed by atoms with Crippen molar-refractivity contribution in [2.45, 2.75) is 264 Å². The third-order valence-corrected chi connectivity index (χ3v) is 12.6. The Labute approximate surface area is 467 Å². The van der Waals surface area contributed by atoms with Crippen molar-refractivity contribution in [3.05, 3.63) is 146 Å². The summed E-state index contributed by atoms with van der Waals surface area (Å²) in [6.07, 6.45) is 90.2. The van der Waals surface area contributed by atoms with Crippen LogP contribution in [0.5, 0.6) is 0 Å². The minimum atomic E-state index is -0.844. The highest BCUT2D eigenvalue weighted by Gasteiger charge is 2.19. The summed E-state index contributed by atoms with van der Waals surface area (Å²) in [5.74, 6) is -1.07. The molecule has 0 fully saturated rings. The number of carbonyl (C=O) groups excluding carboxylic acids is 3. The average Bonchev–Trinajstić information content (AvgIpc) is 3.42. The molecule has 0 aliphatic rings. The van der Waals surface area contributed by atoms with Crippen LogP contribution < -0.4 is 0 Å². The zero-order valence-electron chi connectivity index (χ0n) is 49.0. The molecule has 6 nitrogen and oxygen atoms in total. The third kappa shape index (κ3) is 60.2. The van der Waals surface area contributed by atoms with Crippen molar-refractivity contribution < 1.29 is 28.6 Å². The Morgan fingerprint density at radius 2 is 0.553 bits per heavy atom.